The molecule has 0 bridgehead atoms. The molecule has 124 valence electrons. The van der Waals surface area contributed by atoms with Crippen LogP contribution in [0.2, 0.25) is 0 Å². The molecule has 0 radical (unpaired) electrons. The van der Waals surface area contributed by atoms with Gasteiger partial charge in [-0.15, -0.1) is 0 Å². The molecule has 1 aliphatic heterocycles. The quantitative estimate of drug-likeness (QED) is 0.764. The maximum atomic E-state index is 5.83. The molecule has 2 heterocycles. The molecule has 1 aromatic heterocycles. The molecule has 3 rings (SSSR count). The second-order valence-electron chi connectivity index (χ2n) is 5.83. The molecule has 1 atom stereocenters. The van der Waals surface area contributed by atoms with E-state index in [0.29, 0.717) is 19.8 Å². The normalized spacial score (nSPS) is 19.8. The number of rotatable bonds is 6. The van der Waals surface area contributed by atoms with Crippen molar-refractivity contribution in [1.29, 1.82) is 0 Å². The van der Waals surface area contributed by atoms with Gasteiger partial charge in [-0.3, -0.25) is 9.88 Å². The number of methoxy groups -OCH3 is 1. The average Bonchev–Trinajstić information content (AvgIpc) is 2.80. The van der Waals surface area contributed by atoms with Crippen LogP contribution in [-0.4, -0.2) is 62.6 Å². The Morgan fingerprint density at radius 1 is 1.30 bits per heavy atom. The first-order chi connectivity index (χ1) is 11.3. The summed E-state index contributed by atoms with van der Waals surface area (Å²) in [5.74, 6) is 0. The van der Waals surface area contributed by atoms with Gasteiger partial charge in [0.25, 0.3) is 0 Å². The molecule has 1 fully saturated rings. The van der Waals surface area contributed by atoms with E-state index in [2.05, 4.69) is 22.0 Å². The molecule has 0 spiro atoms. The minimum atomic E-state index is 0.0982. The van der Waals surface area contributed by atoms with Crippen LogP contribution in [-0.2, 0) is 20.8 Å². The lowest BCUT2D eigenvalue weighted by Crippen LogP contribution is -2.34. The highest BCUT2D eigenvalue weighted by Gasteiger charge is 2.19. The summed E-state index contributed by atoms with van der Waals surface area (Å²) in [4.78, 5) is 6.92. The van der Waals surface area contributed by atoms with Gasteiger partial charge >= 0.3 is 0 Å². The molecule has 1 aliphatic rings. The lowest BCUT2D eigenvalue weighted by atomic mass is 10.1. The smallest absolute Gasteiger partial charge is 0.0936 e. The van der Waals surface area contributed by atoms with Crippen LogP contribution in [0.5, 0.6) is 0 Å². The van der Waals surface area contributed by atoms with E-state index in [0.717, 1.165) is 31.8 Å². The van der Waals surface area contributed by atoms with E-state index in [1.807, 2.05) is 24.4 Å². The SMILES string of the molecule is COCCO[C@H]1COCCN(Cc2cnc3ccccc3c2)C1. The molecular formula is C18H24N2O3. The number of fused-ring (bicyclic) bond motifs is 1. The van der Waals surface area contributed by atoms with Crippen molar-refractivity contribution in [3.05, 3.63) is 42.1 Å². The van der Waals surface area contributed by atoms with Gasteiger partial charge in [0, 0.05) is 38.3 Å². The molecule has 0 unspecified atom stereocenters. The highest BCUT2D eigenvalue weighted by Crippen LogP contribution is 2.15. The molecule has 23 heavy (non-hydrogen) atoms. The summed E-state index contributed by atoms with van der Waals surface area (Å²) in [6.45, 7) is 5.27. The molecule has 2 aromatic rings. The minimum absolute atomic E-state index is 0.0982. The lowest BCUT2D eigenvalue weighted by molar-refractivity contribution is -0.0250. The van der Waals surface area contributed by atoms with Crippen molar-refractivity contribution in [2.24, 2.45) is 0 Å². The zero-order chi connectivity index (χ0) is 15.9. The van der Waals surface area contributed by atoms with Gasteiger partial charge in [0.05, 0.1) is 38.0 Å². The molecule has 0 N–H and O–H groups in total. The number of ether oxygens (including phenoxy) is 3. The van der Waals surface area contributed by atoms with Crippen LogP contribution in [0.1, 0.15) is 5.56 Å². The Bertz CT molecular complexity index is 620. The Kier molecular flexibility index (Phi) is 5.93. The van der Waals surface area contributed by atoms with E-state index in [1.54, 1.807) is 7.11 Å². The predicted molar refractivity (Wildman–Crippen MR) is 89.5 cm³/mol. The Morgan fingerprint density at radius 2 is 2.22 bits per heavy atom. The summed E-state index contributed by atoms with van der Waals surface area (Å²) < 4.78 is 16.5. The molecule has 0 amide bonds. The lowest BCUT2D eigenvalue weighted by Gasteiger charge is -2.23. The highest BCUT2D eigenvalue weighted by atomic mass is 16.5. The van der Waals surface area contributed by atoms with Crippen LogP contribution in [0.15, 0.2) is 36.5 Å². The maximum Gasteiger partial charge on any atom is 0.0936 e. The predicted octanol–water partition coefficient (Wildman–Crippen LogP) is 2.10. The Hall–Kier alpha value is -1.53. The standard InChI is InChI=1S/C18H24N2O3/c1-21-8-9-23-17-13-20(6-7-22-14-17)12-15-10-16-4-2-3-5-18(16)19-11-15/h2-5,10-11,17H,6-9,12-14H2,1H3/t17-/m1/s1. The number of hydrogen-bond donors (Lipinski definition) is 0. The van der Waals surface area contributed by atoms with E-state index in [-0.39, 0.29) is 6.10 Å². The fourth-order valence-corrected chi connectivity index (χ4v) is 2.84. The van der Waals surface area contributed by atoms with Crippen molar-refractivity contribution < 1.29 is 14.2 Å². The number of nitrogens with zero attached hydrogens (tertiary/aromatic N) is 2. The van der Waals surface area contributed by atoms with Crippen LogP contribution >= 0.6 is 0 Å². The van der Waals surface area contributed by atoms with E-state index in [4.69, 9.17) is 14.2 Å². The van der Waals surface area contributed by atoms with Crippen molar-refractivity contribution in [3.63, 3.8) is 0 Å². The Labute approximate surface area is 137 Å². The Morgan fingerprint density at radius 3 is 3.13 bits per heavy atom. The zero-order valence-corrected chi connectivity index (χ0v) is 13.6. The second-order valence-corrected chi connectivity index (χ2v) is 5.83. The van der Waals surface area contributed by atoms with Crippen molar-refractivity contribution in [2.75, 3.05) is 46.6 Å². The number of aromatic nitrogens is 1. The van der Waals surface area contributed by atoms with E-state index in [1.165, 1.54) is 10.9 Å². The first-order valence-electron chi connectivity index (χ1n) is 8.09. The number of hydrogen-bond acceptors (Lipinski definition) is 5. The molecule has 0 aliphatic carbocycles. The molecule has 5 heteroatoms. The summed E-state index contributed by atoms with van der Waals surface area (Å²) in [6.07, 6.45) is 2.07. The number of para-hydroxylation sites is 1. The monoisotopic (exact) mass is 316 g/mol. The van der Waals surface area contributed by atoms with Crippen molar-refractivity contribution in [1.82, 2.24) is 9.88 Å². The molecule has 5 nitrogen and oxygen atoms in total. The van der Waals surface area contributed by atoms with Gasteiger partial charge in [0.1, 0.15) is 0 Å². The van der Waals surface area contributed by atoms with Crippen molar-refractivity contribution in [2.45, 2.75) is 12.6 Å². The van der Waals surface area contributed by atoms with Crippen LogP contribution < -0.4 is 0 Å². The molecule has 0 saturated carbocycles. The third-order valence-corrected chi connectivity index (χ3v) is 4.01. The van der Waals surface area contributed by atoms with Gasteiger partial charge in [-0.25, -0.2) is 0 Å². The zero-order valence-electron chi connectivity index (χ0n) is 13.6. The van der Waals surface area contributed by atoms with E-state index in [9.17, 15) is 0 Å². The maximum absolute atomic E-state index is 5.83. The van der Waals surface area contributed by atoms with Crippen LogP contribution in [0, 0.1) is 0 Å². The summed E-state index contributed by atoms with van der Waals surface area (Å²) >= 11 is 0. The number of pyridine rings is 1. The second kappa shape index (κ2) is 8.36. The topological polar surface area (TPSA) is 43.8 Å². The van der Waals surface area contributed by atoms with Crippen molar-refractivity contribution >= 4 is 10.9 Å². The van der Waals surface area contributed by atoms with Gasteiger partial charge in [-0.05, 0) is 17.7 Å². The van der Waals surface area contributed by atoms with E-state index >= 15 is 0 Å². The summed E-state index contributed by atoms with van der Waals surface area (Å²) in [5, 5.41) is 1.18. The average molecular weight is 316 g/mol. The molecule has 1 saturated heterocycles. The van der Waals surface area contributed by atoms with Gasteiger partial charge < -0.3 is 14.2 Å². The summed E-state index contributed by atoms with van der Waals surface area (Å²) in [5.41, 5.74) is 2.26. The summed E-state index contributed by atoms with van der Waals surface area (Å²) in [7, 11) is 1.69. The van der Waals surface area contributed by atoms with Crippen LogP contribution in [0.3, 0.4) is 0 Å². The largest absolute Gasteiger partial charge is 0.382 e. The third kappa shape index (κ3) is 4.72. The van der Waals surface area contributed by atoms with Gasteiger partial charge in [0.15, 0.2) is 0 Å². The van der Waals surface area contributed by atoms with Gasteiger partial charge in [-0.1, -0.05) is 18.2 Å². The first kappa shape index (κ1) is 16.3. The van der Waals surface area contributed by atoms with E-state index < -0.39 is 0 Å². The fourth-order valence-electron chi connectivity index (χ4n) is 2.84. The van der Waals surface area contributed by atoms with Crippen LogP contribution in [0.4, 0.5) is 0 Å². The molecule has 1 aromatic carbocycles. The van der Waals surface area contributed by atoms with Gasteiger partial charge in [-0.2, -0.15) is 0 Å². The fraction of sp³-hybridized carbons (Fsp3) is 0.500. The number of benzene rings is 1. The highest BCUT2D eigenvalue weighted by molar-refractivity contribution is 5.78. The summed E-state index contributed by atoms with van der Waals surface area (Å²) in [6, 6.07) is 10.4. The van der Waals surface area contributed by atoms with Crippen LogP contribution in [0.25, 0.3) is 10.9 Å². The Balaban J connectivity index is 1.62. The minimum Gasteiger partial charge on any atom is -0.382 e. The third-order valence-electron chi connectivity index (χ3n) is 4.01. The van der Waals surface area contributed by atoms with Gasteiger partial charge in [0.2, 0.25) is 0 Å². The molecular weight excluding hydrogens is 292 g/mol. The van der Waals surface area contributed by atoms with Crippen molar-refractivity contribution in [3.8, 4) is 0 Å². The first-order valence-corrected chi connectivity index (χ1v) is 8.09.